The number of hydroxylamine groups is 2. The van der Waals surface area contributed by atoms with Crippen LogP contribution in [0.2, 0.25) is 0 Å². The summed E-state index contributed by atoms with van der Waals surface area (Å²) in [7, 11) is 0. The summed E-state index contributed by atoms with van der Waals surface area (Å²) in [5.74, 6) is 0. The maximum absolute atomic E-state index is 6.35. The first-order chi connectivity index (χ1) is 12.5. The van der Waals surface area contributed by atoms with Crippen molar-refractivity contribution in [1.82, 2.24) is 10.4 Å². The normalized spacial score (nSPS) is 27.7. The Hall–Kier alpha value is -0.240. The second-order valence-corrected chi connectivity index (χ2v) is 8.94. The van der Waals surface area contributed by atoms with Gasteiger partial charge in [0.25, 0.3) is 0 Å². The van der Waals surface area contributed by atoms with E-state index in [1.165, 1.54) is 0 Å². The van der Waals surface area contributed by atoms with Crippen molar-refractivity contribution >= 4 is 0 Å². The van der Waals surface area contributed by atoms with E-state index in [0.717, 1.165) is 6.42 Å². The lowest BCUT2D eigenvalue weighted by molar-refractivity contribution is -0.345. The Bertz CT molecular complexity index is 402. The Morgan fingerprint density at radius 3 is 1.85 bits per heavy atom. The highest BCUT2D eigenvalue weighted by molar-refractivity contribution is 4.94. The molecule has 0 spiro atoms. The summed E-state index contributed by atoms with van der Waals surface area (Å²) < 4.78 is 18.7. The quantitative estimate of drug-likeness (QED) is 0.582. The van der Waals surface area contributed by atoms with E-state index in [1.54, 1.807) is 0 Å². The van der Waals surface area contributed by atoms with Gasteiger partial charge in [-0.15, -0.1) is 0 Å². The Labute approximate surface area is 167 Å². The van der Waals surface area contributed by atoms with Crippen molar-refractivity contribution in [3.05, 3.63) is 0 Å². The molecule has 1 heterocycles. The summed E-state index contributed by atoms with van der Waals surface area (Å²) in [5, 5.41) is 5.69. The summed E-state index contributed by atoms with van der Waals surface area (Å²) >= 11 is 0. The molecule has 1 N–H and O–H groups in total. The molecule has 0 aromatic heterocycles. The molecule has 1 aliphatic heterocycles. The third kappa shape index (κ3) is 8.75. The number of nitrogens with zero attached hydrogens (tertiary/aromatic N) is 1. The van der Waals surface area contributed by atoms with Crippen LogP contribution in [0, 0.1) is 0 Å². The van der Waals surface area contributed by atoms with Crippen molar-refractivity contribution in [3.63, 3.8) is 0 Å². The predicted octanol–water partition coefficient (Wildman–Crippen LogP) is 3.74. The van der Waals surface area contributed by atoms with E-state index in [4.69, 9.17) is 19.0 Å². The second-order valence-electron chi connectivity index (χ2n) is 8.94. The molecular formula is C21H44N2O4. The Morgan fingerprint density at radius 1 is 0.815 bits per heavy atom. The highest BCUT2D eigenvalue weighted by atomic mass is 16.7. The minimum Gasteiger partial charge on any atom is -0.377 e. The van der Waals surface area contributed by atoms with E-state index in [0.29, 0.717) is 12.6 Å². The molecule has 0 aromatic carbocycles. The molecule has 4 atom stereocenters. The highest BCUT2D eigenvalue weighted by Crippen LogP contribution is 2.30. The van der Waals surface area contributed by atoms with Gasteiger partial charge in [0.15, 0.2) is 6.23 Å². The van der Waals surface area contributed by atoms with Gasteiger partial charge >= 0.3 is 0 Å². The van der Waals surface area contributed by atoms with E-state index >= 15 is 0 Å². The zero-order valence-corrected chi connectivity index (χ0v) is 19.2. The van der Waals surface area contributed by atoms with E-state index in [1.807, 2.05) is 18.9 Å². The largest absolute Gasteiger partial charge is 0.377 e. The van der Waals surface area contributed by atoms with Crippen molar-refractivity contribution in [2.45, 2.75) is 131 Å². The lowest BCUT2D eigenvalue weighted by Crippen LogP contribution is -2.66. The molecule has 0 saturated carbocycles. The summed E-state index contributed by atoms with van der Waals surface area (Å²) in [6, 6.07) is 0.628. The first kappa shape index (κ1) is 24.8. The molecule has 1 saturated heterocycles. The number of rotatable bonds is 11. The highest BCUT2D eigenvalue weighted by Gasteiger charge is 2.47. The van der Waals surface area contributed by atoms with Crippen LogP contribution in [0.25, 0.3) is 0 Å². The third-order valence-corrected chi connectivity index (χ3v) is 4.16. The van der Waals surface area contributed by atoms with E-state index < -0.39 is 0 Å². The molecule has 0 aromatic rings. The van der Waals surface area contributed by atoms with Gasteiger partial charge in [-0.1, -0.05) is 13.8 Å². The molecule has 6 nitrogen and oxygen atoms in total. The van der Waals surface area contributed by atoms with Crippen LogP contribution in [0.4, 0.5) is 0 Å². The van der Waals surface area contributed by atoms with Crippen LogP contribution >= 0.6 is 0 Å². The number of nitrogens with one attached hydrogen (secondary N) is 1. The molecule has 162 valence electrons. The summed E-state index contributed by atoms with van der Waals surface area (Å²) in [5.41, 5.74) is 0. The van der Waals surface area contributed by atoms with Gasteiger partial charge in [-0.3, -0.25) is 4.84 Å². The molecule has 1 fully saturated rings. The Kier molecular flexibility index (Phi) is 10.7. The Morgan fingerprint density at radius 2 is 1.41 bits per heavy atom. The number of piperidine rings is 1. The molecular weight excluding hydrogens is 344 g/mol. The summed E-state index contributed by atoms with van der Waals surface area (Å²) in [6.07, 6.45) is 0.873. The number of hydrogen-bond acceptors (Lipinski definition) is 6. The van der Waals surface area contributed by atoms with Crippen LogP contribution in [-0.4, -0.2) is 66.5 Å². The average molecular weight is 389 g/mol. The van der Waals surface area contributed by atoms with Gasteiger partial charge in [-0.05, 0) is 61.8 Å². The van der Waals surface area contributed by atoms with Gasteiger partial charge in [-0.2, -0.15) is 5.06 Å². The minimum atomic E-state index is -0.291. The number of hydrogen-bond donors (Lipinski definition) is 1. The molecule has 27 heavy (non-hydrogen) atoms. The predicted molar refractivity (Wildman–Crippen MR) is 110 cm³/mol. The van der Waals surface area contributed by atoms with Crippen LogP contribution in [0.15, 0.2) is 0 Å². The van der Waals surface area contributed by atoms with Gasteiger partial charge in [0.1, 0.15) is 6.10 Å². The number of ether oxygens (including phenoxy) is 3. The molecule has 0 bridgehead atoms. The molecule has 0 amide bonds. The third-order valence-electron chi connectivity index (χ3n) is 4.16. The summed E-state index contributed by atoms with van der Waals surface area (Å²) in [6.45, 7) is 21.4. The molecule has 1 aliphatic rings. The van der Waals surface area contributed by atoms with Crippen LogP contribution in [0.5, 0.6) is 0 Å². The fourth-order valence-corrected chi connectivity index (χ4v) is 3.40. The second kappa shape index (κ2) is 11.7. The standard InChI is InChI=1S/C21H44N2O4/c1-13(2)22-19-11-18(12-24-14(3)4)23(27-17(9)10)21(26-16(7)8)20(19)25-15(5)6/h13-22H,11-12H2,1-10H3. The van der Waals surface area contributed by atoms with Crippen molar-refractivity contribution in [3.8, 4) is 0 Å². The van der Waals surface area contributed by atoms with Gasteiger partial charge in [-0.25, -0.2) is 0 Å². The zero-order valence-electron chi connectivity index (χ0n) is 19.2. The van der Waals surface area contributed by atoms with Gasteiger partial charge in [0.05, 0.1) is 37.1 Å². The summed E-state index contributed by atoms with van der Waals surface area (Å²) in [4.78, 5) is 6.24. The fraction of sp³-hybridized carbons (Fsp3) is 1.00. The van der Waals surface area contributed by atoms with Crippen molar-refractivity contribution in [1.29, 1.82) is 0 Å². The van der Waals surface area contributed by atoms with Crippen molar-refractivity contribution < 1.29 is 19.0 Å². The van der Waals surface area contributed by atoms with Gasteiger partial charge < -0.3 is 19.5 Å². The molecule has 1 rings (SSSR count). The van der Waals surface area contributed by atoms with Gasteiger partial charge in [0.2, 0.25) is 0 Å². The van der Waals surface area contributed by atoms with E-state index in [9.17, 15) is 0 Å². The van der Waals surface area contributed by atoms with Gasteiger partial charge in [0, 0.05) is 12.1 Å². The fourth-order valence-electron chi connectivity index (χ4n) is 3.40. The lowest BCUT2D eigenvalue weighted by atomic mass is 9.94. The van der Waals surface area contributed by atoms with Crippen molar-refractivity contribution in [2.75, 3.05) is 6.61 Å². The van der Waals surface area contributed by atoms with Crippen LogP contribution < -0.4 is 5.32 Å². The van der Waals surface area contributed by atoms with E-state index in [-0.39, 0.29) is 48.8 Å². The monoisotopic (exact) mass is 388 g/mol. The van der Waals surface area contributed by atoms with Crippen LogP contribution in [0.3, 0.4) is 0 Å². The van der Waals surface area contributed by atoms with Crippen LogP contribution in [0.1, 0.15) is 75.7 Å². The SMILES string of the molecule is CC(C)NC1CC(COC(C)C)N(OC(C)C)C(OC(C)C)C1OC(C)C. The molecule has 0 aliphatic carbocycles. The zero-order chi connectivity index (χ0) is 20.7. The van der Waals surface area contributed by atoms with E-state index in [2.05, 4.69) is 60.7 Å². The minimum absolute atomic E-state index is 0.0547. The lowest BCUT2D eigenvalue weighted by Gasteiger charge is -2.50. The average Bonchev–Trinajstić information content (AvgIpc) is 2.49. The Balaban J connectivity index is 3.19. The first-order valence-electron chi connectivity index (χ1n) is 10.6. The maximum atomic E-state index is 6.35. The smallest absolute Gasteiger partial charge is 0.161 e. The molecule has 6 heteroatoms. The van der Waals surface area contributed by atoms with Crippen molar-refractivity contribution in [2.24, 2.45) is 0 Å². The topological polar surface area (TPSA) is 52.2 Å². The van der Waals surface area contributed by atoms with Crippen LogP contribution in [-0.2, 0) is 19.0 Å². The molecule has 4 unspecified atom stereocenters. The first-order valence-corrected chi connectivity index (χ1v) is 10.6. The maximum Gasteiger partial charge on any atom is 0.161 e. The molecule has 0 radical (unpaired) electrons.